The number of nitrogens with one attached hydrogen (secondary N) is 1. The summed E-state index contributed by atoms with van der Waals surface area (Å²) in [5.74, 6) is -1.35. The van der Waals surface area contributed by atoms with E-state index in [1.807, 2.05) is 11.8 Å². The monoisotopic (exact) mass is 458 g/mol. The van der Waals surface area contributed by atoms with Crippen LogP contribution in [0.1, 0.15) is 49.2 Å². The average Bonchev–Trinajstić information content (AvgIpc) is 3.49. The highest BCUT2D eigenvalue weighted by molar-refractivity contribution is 6.02. The zero-order valence-corrected chi connectivity index (χ0v) is 19.0. The summed E-state index contributed by atoms with van der Waals surface area (Å²) in [7, 11) is 0. The van der Waals surface area contributed by atoms with Gasteiger partial charge in [-0.15, -0.1) is 0 Å². The molecule has 1 saturated carbocycles. The van der Waals surface area contributed by atoms with Gasteiger partial charge >= 0.3 is 6.09 Å². The third-order valence-corrected chi connectivity index (χ3v) is 6.40. The molecule has 0 radical (unpaired) electrons. The van der Waals surface area contributed by atoms with Crippen LogP contribution in [0.15, 0.2) is 24.4 Å². The van der Waals surface area contributed by atoms with Crippen LogP contribution in [0.2, 0.25) is 0 Å². The van der Waals surface area contributed by atoms with Crippen molar-refractivity contribution in [2.75, 3.05) is 18.0 Å². The minimum atomic E-state index is -0.884. The Morgan fingerprint density at radius 3 is 2.55 bits per heavy atom. The predicted molar refractivity (Wildman–Crippen MR) is 120 cm³/mol. The van der Waals surface area contributed by atoms with Gasteiger partial charge in [0.05, 0.1) is 12.2 Å². The van der Waals surface area contributed by atoms with Crippen LogP contribution in [0.4, 0.5) is 19.3 Å². The summed E-state index contributed by atoms with van der Waals surface area (Å²) in [5, 5.41) is 3.01. The smallest absolute Gasteiger partial charge is 0.405 e. The summed E-state index contributed by atoms with van der Waals surface area (Å²) in [6.45, 7) is 6.19. The lowest BCUT2D eigenvalue weighted by atomic mass is 9.97. The van der Waals surface area contributed by atoms with Gasteiger partial charge in [-0.25, -0.2) is 18.6 Å². The molecule has 1 saturated heterocycles. The van der Waals surface area contributed by atoms with E-state index >= 15 is 0 Å². The number of nitrogens with two attached hydrogens (primary N) is 1. The third-order valence-electron chi connectivity index (χ3n) is 6.40. The van der Waals surface area contributed by atoms with Gasteiger partial charge in [-0.3, -0.25) is 4.79 Å². The molecule has 2 heterocycles. The first-order chi connectivity index (χ1) is 15.6. The van der Waals surface area contributed by atoms with E-state index in [4.69, 9.17) is 10.5 Å². The van der Waals surface area contributed by atoms with E-state index < -0.39 is 23.3 Å². The molecule has 3 N–H and O–H groups in total. The Labute approximate surface area is 191 Å². The normalized spacial score (nSPS) is 21.1. The number of halogens is 2. The van der Waals surface area contributed by atoms with Crippen LogP contribution in [-0.2, 0) is 4.74 Å². The van der Waals surface area contributed by atoms with Crippen molar-refractivity contribution in [1.29, 1.82) is 0 Å². The largest absolute Gasteiger partial charge is 0.441 e. The summed E-state index contributed by atoms with van der Waals surface area (Å²) < 4.78 is 33.6. The fourth-order valence-electron chi connectivity index (χ4n) is 4.57. The van der Waals surface area contributed by atoms with Gasteiger partial charge in [0.2, 0.25) is 0 Å². The number of aromatic nitrogens is 1. The highest BCUT2D eigenvalue weighted by atomic mass is 19.1. The van der Waals surface area contributed by atoms with Crippen LogP contribution >= 0.6 is 0 Å². The Kier molecular flexibility index (Phi) is 5.99. The molecule has 1 aromatic carbocycles. The lowest BCUT2D eigenvalue weighted by Crippen LogP contribution is -2.39. The summed E-state index contributed by atoms with van der Waals surface area (Å²) in [5.41, 5.74) is 6.47. The average molecular weight is 459 g/mol. The van der Waals surface area contributed by atoms with Crippen molar-refractivity contribution in [3.05, 3.63) is 47.3 Å². The molecule has 7 nitrogen and oxygen atoms in total. The number of aryl methyl sites for hydroxylation is 1. The van der Waals surface area contributed by atoms with Gasteiger partial charge in [-0.2, -0.15) is 0 Å². The van der Waals surface area contributed by atoms with Gasteiger partial charge in [0.1, 0.15) is 17.2 Å². The van der Waals surface area contributed by atoms with Gasteiger partial charge in [-0.1, -0.05) is 0 Å². The lowest BCUT2D eigenvalue weighted by molar-refractivity contribution is 0.0480. The van der Waals surface area contributed by atoms with E-state index in [-0.39, 0.29) is 24.2 Å². The summed E-state index contributed by atoms with van der Waals surface area (Å²) in [4.78, 5) is 31.0. The van der Waals surface area contributed by atoms with Crippen molar-refractivity contribution in [3.8, 4) is 11.1 Å². The molecule has 0 bridgehead atoms. The minimum Gasteiger partial charge on any atom is -0.441 e. The van der Waals surface area contributed by atoms with Crippen LogP contribution in [0.5, 0.6) is 0 Å². The van der Waals surface area contributed by atoms with Gasteiger partial charge in [0, 0.05) is 36.8 Å². The van der Waals surface area contributed by atoms with E-state index in [9.17, 15) is 18.4 Å². The molecular formula is C24H28F2N4O3. The van der Waals surface area contributed by atoms with E-state index in [0.29, 0.717) is 41.3 Å². The van der Waals surface area contributed by atoms with E-state index in [0.717, 1.165) is 18.9 Å². The molecule has 1 aliphatic carbocycles. The second-order valence-corrected chi connectivity index (χ2v) is 9.31. The topological polar surface area (TPSA) is 97.6 Å². The maximum Gasteiger partial charge on any atom is 0.405 e. The number of amides is 2. The molecule has 176 valence electrons. The number of hydrogen-bond acceptors (Lipinski definition) is 5. The molecular weight excluding hydrogens is 430 g/mol. The zero-order valence-electron chi connectivity index (χ0n) is 19.0. The third kappa shape index (κ3) is 4.91. The Bertz CT molecular complexity index is 1090. The molecule has 1 aromatic heterocycles. The molecule has 2 fully saturated rings. The Hall–Kier alpha value is -3.23. The predicted octanol–water partition coefficient (Wildman–Crippen LogP) is 3.93. The fraction of sp³-hybridized carbons (Fsp3) is 0.458. The van der Waals surface area contributed by atoms with E-state index in [2.05, 4.69) is 10.3 Å². The zero-order chi connectivity index (χ0) is 23.9. The van der Waals surface area contributed by atoms with Gasteiger partial charge in [-0.05, 0) is 62.8 Å². The Morgan fingerprint density at radius 1 is 1.27 bits per heavy atom. The SMILES string of the molecule is Cc1cnc(C(=O)NC(C)C2CC2)c(N2CC[C@](C)(OC(N)=O)C2)c1-c1cc(F)cc(F)c1. The highest BCUT2D eigenvalue weighted by Gasteiger charge is 2.40. The van der Waals surface area contributed by atoms with Crippen LogP contribution in [-0.4, -0.2) is 41.7 Å². The first-order valence-corrected chi connectivity index (χ1v) is 11.1. The van der Waals surface area contributed by atoms with Crippen molar-refractivity contribution in [2.45, 2.75) is 51.7 Å². The van der Waals surface area contributed by atoms with Crippen LogP contribution in [0.25, 0.3) is 11.1 Å². The number of hydrogen-bond donors (Lipinski definition) is 2. The van der Waals surface area contributed by atoms with Crippen LogP contribution in [0, 0.1) is 24.5 Å². The maximum atomic E-state index is 14.1. The summed E-state index contributed by atoms with van der Waals surface area (Å²) in [6, 6.07) is 3.26. The number of pyridine rings is 1. The maximum absolute atomic E-state index is 14.1. The molecule has 4 rings (SSSR count). The number of nitrogens with zero attached hydrogens (tertiary/aromatic N) is 2. The molecule has 0 spiro atoms. The minimum absolute atomic E-state index is 0.00874. The van der Waals surface area contributed by atoms with Crippen molar-refractivity contribution in [3.63, 3.8) is 0 Å². The number of rotatable bonds is 6. The number of benzene rings is 1. The number of carbonyl (C=O) groups excluding carboxylic acids is 2. The van der Waals surface area contributed by atoms with Gasteiger partial charge in [0.25, 0.3) is 5.91 Å². The van der Waals surface area contributed by atoms with Crippen LogP contribution in [0.3, 0.4) is 0 Å². The van der Waals surface area contributed by atoms with Crippen LogP contribution < -0.4 is 16.0 Å². The van der Waals surface area contributed by atoms with Gasteiger partial charge < -0.3 is 20.7 Å². The summed E-state index contributed by atoms with van der Waals surface area (Å²) >= 11 is 0. The molecule has 1 aliphatic heterocycles. The second kappa shape index (κ2) is 8.61. The highest BCUT2D eigenvalue weighted by Crippen LogP contribution is 2.40. The molecule has 2 amide bonds. The van der Waals surface area contributed by atoms with Crippen molar-refractivity contribution < 1.29 is 23.1 Å². The van der Waals surface area contributed by atoms with E-state index in [1.54, 1.807) is 13.8 Å². The molecule has 1 unspecified atom stereocenters. The van der Waals surface area contributed by atoms with Crippen molar-refractivity contribution >= 4 is 17.7 Å². The number of primary amides is 1. The Morgan fingerprint density at radius 2 is 1.94 bits per heavy atom. The van der Waals surface area contributed by atoms with Gasteiger partial charge in [0.15, 0.2) is 5.69 Å². The first kappa shape index (κ1) is 22.9. The quantitative estimate of drug-likeness (QED) is 0.684. The number of ether oxygens (including phenoxy) is 1. The lowest BCUT2D eigenvalue weighted by Gasteiger charge is -2.28. The number of carbonyl (C=O) groups is 2. The van der Waals surface area contributed by atoms with Crippen molar-refractivity contribution in [1.82, 2.24) is 10.3 Å². The molecule has 9 heteroatoms. The molecule has 2 atom stereocenters. The van der Waals surface area contributed by atoms with E-state index in [1.165, 1.54) is 18.3 Å². The Balaban J connectivity index is 1.82. The fourth-order valence-corrected chi connectivity index (χ4v) is 4.57. The number of anilines is 1. The standard InChI is InChI=1S/C24H28F2N4O3/c1-13-11-28-20(22(31)29-14(2)15-4-5-15)21(19(13)16-8-17(25)10-18(26)9-16)30-7-6-24(3,12-30)33-23(27)32/h8-11,14-15H,4-7,12H2,1-3H3,(H2,27,32)(H,29,31)/t14?,24-/m0/s1. The second-order valence-electron chi connectivity index (χ2n) is 9.31. The summed E-state index contributed by atoms with van der Waals surface area (Å²) in [6.07, 6.45) is 3.26. The molecule has 2 aromatic rings. The first-order valence-electron chi connectivity index (χ1n) is 11.1. The van der Waals surface area contributed by atoms with Crippen molar-refractivity contribution in [2.24, 2.45) is 11.7 Å². The molecule has 2 aliphatic rings. The molecule has 33 heavy (non-hydrogen) atoms.